The van der Waals surface area contributed by atoms with Crippen molar-refractivity contribution < 1.29 is 33.5 Å². The third-order valence-corrected chi connectivity index (χ3v) is 5.31. The molecule has 4 amide bonds. The Bertz CT molecular complexity index is 1370. The normalized spacial score (nSPS) is 14.4. The number of nitro groups is 1. The van der Waals surface area contributed by atoms with Crippen molar-refractivity contribution in [2.24, 2.45) is 0 Å². The van der Waals surface area contributed by atoms with Gasteiger partial charge in [-0.05, 0) is 48.5 Å². The Balaban J connectivity index is 1.47. The van der Waals surface area contributed by atoms with Crippen LogP contribution in [0.5, 0.6) is 17.2 Å². The van der Waals surface area contributed by atoms with E-state index in [4.69, 9.17) is 14.2 Å². The van der Waals surface area contributed by atoms with E-state index in [1.807, 2.05) is 0 Å². The van der Waals surface area contributed by atoms with Crippen LogP contribution in [0.3, 0.4) is 0 Å². The number of methoxy groups -OCH3 is 1. The molecule has 0 unspecified atom stereocenters. The fourth-order valence-corrected chi connectivity index (χ4v) is 3.49. The number of carbonyl (C=O) groups is 3. The number of benzene rings is 3. The molecule has 1 aliphatic rings. The molecule has 0 aromatic heterocycles. The van der Waals surface area contributed by atoms with Gasteiger partial charge in [-0.25, -0.2) is 9.69 Å². The number of hydrogen-bond acceptors (Lipinski definition) is 8. The summed E-state index contributed by atoms with van der Waals surface area (Å²) in [4.78, 5) is 49.2. The van der Waals surface area contributed by atoms with Crippen LogP contribution < -0.4 is 24.4 Å². The van der Waals surface area contributed by atoms with Gasteiger partial charge in [0.05, 0.1) is 17.7 Å². The average Bonchev–Trinajstić information content (AvgIpc) is 2.90. The quantitative estimate of drug-likeness (QED) is 0.153. The molecule has 0 saturated carbocycles. The van der Waals surface area contributed by atoms with E-state index in [-0.39, 0.29) is 30.2 Å². The number of rotatable bonds is 9. The molecule has 188 valence electrons. The lowest BCUT2D eigenvalue weighted by molar-refractivity contribution is -0.384. The lowest BCUT2D eigenvalue weighted by Gasteiger charge is -2.26. The summed E-state index contributed by atoms with van der Waals surface area (Å²) in [5.74, 6) is -0.233. The minimum absolute atomic E-state index is 0.0425. The van der Waals surface area contributed by atoms with Crippen LogP contribution in [0.15, 0.2) is 78.4 Å². The average molecular weight is 503 g/mol. The molecule has 1 fully saturated rings. The molecule has 1 aliphatic heterocycles. The number of urea groups is 1. The van der Waals surface area contributed by atoms with Crippen molar-refractivity contribution in [1.82, 2.24) is 5.32 Å². The summed E-state index contributed by atoms with van der Waals surface area (Å²) in [7, 11) is 1.49. The van der Waals surface area contributed by atoms with Crippen molar-refractivity contribution >= 4 is 35.3 Å². The van der Waals surface area contributed by atoms with E-state index in [0.717, 1.165) is 4.90 Å². The Morgan fingerprint density at radius 3 is 2.22 bits per heavy atom. The van der Waals surface area contributed by atoms with Crippen molar-refractivity contribution in [2.45, 2.75) is 0 Å². The molecule has 11 heteroatoms. The van der Waals surface area contributed by atoms with E-state index in [0.29, 0.717) is 22.8 Å². The summed E-state index contributed by atoms with van der Waals surface area (Å²) in [6.45, 7) is 0.260. The maximum atomic E-state index is 13.1. The van der Waals surface area contributed by atoms with Crippen molar-refractivity contribution in [3.63, 3.8) is 0 Å². The molecule has 4 rings (SSSR count). The molecule has 1 N–H and O–H groups in total. The van der Waals surface area contributed by atoms with Gasteiger partial charge in [-0.1, -0.05) is 18.2 Å². The standard InChI is InChI=1S/C26H21N3O8/c1-35-20-10-6-18(7-11-20)28-25(31)22(24(30)27-26(28)32)16-17-4-2-3-5-23(17)37-15-14-36-21-12-8-19(9-13-21)29(33)34/h2-13,16H,14-15H2,1H3,(H,27,30,32). The van der Waals surface area contributed by atoms with Gasteiger partial charge in [-0.15, -0.1) is 0 Å². The number of nitrogens with zero attached hydrogens (tertiary/aromatic N) is 2. The van der Waals surface area contributed by atoms with Crippen LogP contribution >= 0.6 is 0 Å². The first-order valence-electron chi connectivity index (χ1n) is 11.0. The zero-order chi connectivity index (χ0) is 26.4. The first-order valence-corrected chi connectivity index (χ1v) is 11.0. The molecule has 3 aromatic carbocycles. The van der Waals surface area contributed by atoms with Crippen LogP contribution in [-0.4, -0.2) is 43.1 Å². The fourth-order valence-electron chi connectivity index (χ4n) is 3.49. The molecule has 0 spiro atoms. The molecule has 0 bridgehead atoms. The van der Waals surface area contributed by atoms with Crippen LogP contribution in [0.1, 0.15) is 5.56 Å². The number of carbonyl (C=O) groups excluding carboxylic acids is 3. The Morgan fingerprint density at radius 1 is 0.892 bits per heavy atom. The van der Waals surface area contributed by atoms with Crippen LogP contribution in [-0.2, 0) is 9.59 Å². The molecule has 1 saturated heterocycles. The van der Waals surface area contributed by atoms with E-state index in [1.165, 1.54) is 49.6 Å². The van der Waals surface area contributed by atoms with Gasteiger partial charge < -0.3 is 14.2 Å². The molecule has 1 heterocycles. The highest BCUT2D eigenvalue weighted by Gasteiger charge is 2.37. The number of barbiturate groups is 1. The predicted octanol–water partition coefficient (Wildman–Crippen LogP) is 3.73. The number of amides is 4. The highest BCUT2D eigenvalue weighted by Crippen LogP contribution is 2.27. The molecular formula is C26H21N3O8. The fraction of sp³-hybridized carbons (Fsp3) is 0.115. The molecule has 0 aliphatic carbocycles. The van der Waals surface area contributed by atoms with Gasteiger partial charge in [0.15, 0.2) is 0 Å². The Morgan fingerprint density at radius 2 is 1.54 bits per heavy atom. The maximum absolute atomic E-state index is 13.1. The third-order valence-electron chi connectivity index (χ3n) is 5.31. The highest BCUT2D eigenvalue weighted by atomic mass is 16.6. The smallest absolute Gasteiger partial charge is 0.335 e. The molecule has 3 aromatic rings. The Hall–Kier alpha value is -5.19. The second-order valence-electron chi connectivity index (χ2n) is 7.64. The second kappa shape index (κ2) is 11.0. The molecule has 0 atom stereocenters. The summed E-state index contributed by atoms with van der Waals surface area (Å²) in [5.41, 5.74) is 0.433. The van der Waals surface area contributed by atoms with Crippen LogP contribution in [0, 0.1) is 10.1 Å². The summed E-state index contributed by atoms with van der Waals surface area (Å²) in [6, 6.07) is 17.8. The summed E-state index contributed by atoms with van der Waals surface area (Å²) < 4.78 is 16.4. The third kappa shape index (κ3) is 5.73. The number of nitrogens with one attached hydrogen (secondary N) is 1. The Kier molecular flexibility index (Phi) is 7.43. The number of non-ortho nitro benzene ring substituents is 1. The molecule has 37 heavy (non-hydrogen) atoms. The highest BCUT2D eigenvalue weighted by molar-refractivity contribution is 6.39. The van der Waals surface area contributed by atoms with E-state index in [1.54, 1.807) is 36.4 Å². The lowest BCUT2D eigenvalue weighted by atomic mass is 10.1. The van der Waals surface area contributed by atoms with Crippen LogP contribution in [0.25, 0.3) is 6.08 Å². The zero-order valence-electron chi connectivity index (χ0n) is 19.6. The minimum atomic E-state index is -0.856. The zero-order valence-corrected chi connectivity index (χ0v) is 19.6. The maximum Gasteiger partial charge on any atom is 0.335 e. The van der Waals surface area contributed by atoms with Gasteiger partial charge >= 0.3 is 6.03 Å². The van der Waals surface area contributed by atoms with E-state index in [9.17, 15) is 24.5 Å². The van der Waals surface area contributed by atoms with Crippen molar-refractivity contribution in [3.8, 4) is 17.2 Å². The number of para-hydroxylation sites is 1. The predicted molar refractivity (Wildman–Crippen MR) is 133 cm³/mol. The number of imide groups is 2. The topological polar surface area (TPSA) is 137 Å². The van der Waals surface area contributed by atoms with Gasteiger partial charge in [-0.3, -0.25) is 25.0 Å². The lowest BCUT2D eigenvalue weighted by Crippen LogP contribution is -2.54. The summed E-state index contributed by atoms with van der Waals surface area (Å²) in [6.07, 6.45) is 1.35. The number of nitro benzene ring substituents is 1. The van der Waals surface area contributed by atoms with Gasteiger partial charge in [0.2, 0.25) is 0 Å². The minimum Gasteiger partial charge on any atom is -0.497 e. The van der Waals surface area contributed by atoms with Crippen molar-refractivity contribution in [3.05, 3.63) is 94.0 Å². The van der Waals surface area contributed by atoms with Gasteiger partial charge in [-0.2, -0.15) is 0 Å². The SMILES string of the molecule is COc1ccc(N2C(=O)NC(=O)C(=Cc3ccccc3OCCOc3ccc([N+](=O)[O-])cc3)C2=O)cc1. The number of hydrogen-bond donors (Lipinski definition) is 1. The molecule has 0 radical (unpaired) electrons. The van der Waals surface area contributed by atoms with E-state index >= 15 is 0 Å². The number of ether oxygens (including phenoxy) is 3. The summed E-state index contributed by atoms with van der Waals surface area (Å²) in [5, 5.41) is 12.9. The van der Waals surface area contributed by atoms with Crippen molar-refractivity contribution in [2.75, 3.05) is 25.2 Å². The first kappa shape index (κ1) is 24.9. The largest absolute Gasteiger partial charge is 0.497 e. The molecular weight excluding hydrogens is 482 g/mol. The van der Waals surface area contributed by atoms with E-state index < -0.39 is 22.8 Å². The number of anilines is 1. The van der Waals surface area contributed by atoms with Gasteiger partial charge in [0.1, 0.15) is 36.0 Å². The van der Waals surface area contributed by atoms with Crippen molar-refractivity contribution in [1.29, 1.82) is 0 Å². The van der Waals surface area contributed by atoms with E-state index in [2.05, 4.69) is 5.32 Å². The van der Waals surface area contributed by atoms with Crippen LogP contribution in [0.4, 0.5) is 16.2 Å². The molecule has 11 nitrogen and oxygen atoms in total. The summed E-state index contributed by atoms with van der Waals surface area (Å²) >= 11 is 0. The monoisotopic (exact) mass is 503 g/mol. The second-order valence-corrected chi connectivity index (χ2v) is 7.64. The first-order chi connectivity index (χ1) is 17.9. The van der Waals surface area contributed by atoms with Crippen LogP contribution in [0.2, 0.25) is 0 Å². The van der Waals surface area contributed by atoms with Gasteiger partial charge in [0.25, 0.3) is 17.5 Å². The Labute approximate surface area is 211 Å². The van der Waals surface area contributed by atoms with Gasteiger partial charge in [0, 0.05) is 17.7 Å².